The number of esters is 2. The average molecular weight is 741 g/mol. The molecule has 0 saturated carbocycles. The highest BCUT2D eigenvalue weighted by molar-refractivity contribution is 7.99. The molecule has 272 valence electrons. The van der Waals surface area contributed by atoms with Crippen LogP contribution in [0.25, 0.3) is 21.5 Å². The minimum Gasteiger partial charge on any atom is -0.458 e. The fourth-order valence-electron chi connectivity index (χ4n) is 6.50. The van der Waals surface area contributed by atoms with Crippen LogP contribution in [0.1, 0.15) is 16.7 Å². The fourth-order valence-corrected chi connectivity index (χ4v) is 7.32. The van der Waals surface area contributed by atoms with Crippen LogP contribution in [-0.4, -0.2) is 19.0 Å². The molecule has 0 saturated heterocycles. The van der Waals surface area contributed by atoms with Crippen LogP contribution in [0, 0.1) is 0 Å². The van der Waals surface area contributed by atoms with Gasteiger partial charge in [0.05, 0.1) is 0 Å². The largest absolute Gasteiger partial charge is 0.458 e. The number of carbonyl (C=O) groups excluding carboxylic acids is 2. The van der Waals surface area contributed by atoms with E-state index >= 15 is 0 Å². The van der Waals surface area contributed by atoms with Crippen LogP contribution in [0.4, 0.5) is 22.7 Å². The molecular weight excluding hydrogens is 701 g/mol. The number of anilines is 4. The van der Waals surface area contributed by atoms with Crippen molar-refractivity contribution in [3.63, 3.8) is 0 Å². The molecular formula is C48H40N2O4S. The smallest absolute Gasteiger partial charge is 0.330 e. The molecule has 55 heavy (non-hydrogen) atoms. The van der Waals surface area contributed by atoms with Crippen molar-refractivity contribution in [3.05, 3.63) is 194 Å². The summed E-state index contributed by atoms with van der Waals surface area (Å²) in [6, 6.07) is 52.8. The summed E-state index contributed by atoms with van der Waals surface area (Å²) >= 11 is 1.72. The zero-order valence-electron chi connectivity index (χ0n) is 30.6. The van der Waals surface area contributed by atoms with Gasteiger partial charge in [0.25, 0.3) is 0 Å². The van der Waals surface area contributed by atoms with Gasteiger partial charge in [-0.05, 0) is 117 Å². The van der Waals surface area contributed by atoms with Crippen LogP contribution in [0.3, 0.4) is 0 Å². The molecule has 0 bridgehead atoms. The molecule has 0 fully saturated rings. The van der Waals surface area contributed by atoms with Gasteiger partial charge < -0.3 is 19.3 Å². The molecule has 0 N–H and O–H groups in total. The maximum Gasteiger partial charge on any atom is 0.330 e. The summed E-state index contributed by atoms with van der Waals surface area (Å²) in [6.07, 6.45) is 2.34. The first kappa shape index (κ1) is 36.8. The van der Waals surface area contributed by atoms with Gasteiger partial charge in [-0.15, -0.1) is 0 Å². The monoisotopic (exact) mass is 740 g/mol. The molecule has 6 nitrogen and oxygen atoms in total. The van der Waals surface area contributed by atoms with E-state index in [4.69, 9.17) is 9.47 Å². The molecule has 0 amide bonds. The van der Waals surface area contributed by atoms with Gasteiger partial charge in [-0.25, -0.2) is 9.59 Å². The van der Waals surface area contributed by atoms with E-state index in [0.29, 0.717) is 6.54 Å². The summed E-state index contributed by atoms with van der Waals surface area (Å²) in [4.78, 5) is 29.8. The first-order chi connectivity index (χ1) is 26.9. The first-order valence-corrected chi connectivity index (χ1v) is 18.7. The summed E-state index contributed by atoms with van der Waals surface area (Å²) in [7, 11) is 2.03. The lowest BCUT2D eigenvalue weighted by molar-refractivity contribution is -0.139. The zero-order valence-corrected chi connectivity index (χ0v) is 31.4. The van der Waals surface area contributed by atoms with Crippen LogP contribution >= 0.6 is 11.8 Å². The Morgan fingerprint density at radius 2 is 0.964 bits per heavy atom. The highest BCUT2D eigenvalue weighted by Gasteiger charge is 2.16. The number of nitrogens with zero attached hydrogens (tertiary/aromatic N) is 2. The van der Waals surface area contributed by atoms with E-state index in [9.17, 15) is 9.59 Å². The number of hydrogen-bond acceptors (Lipinski definition) is 7. The van der Waals surface area contributed by atoms with Crippen molar-refractivity contribution in [1.82, 2.24) is 0 Å². The van der Waals surface area contributed by atoms with E-state index in [0.717, 1.165) is 43.7 Å². The molecule has 0 aliphatic heterocycles. The third kappa shape index (κ3) is 8.81. The van der Waals surface area contributed by atoms with Gasteiger partial charge in [0.15, 0.2) is 0 Å². The lowest BCUT2D eigenvalue weighted by atomic mass is 9.96. The molecule has 0 radical (unpaired) electrons. The van der Waals surface area contributed by atoms with Gasteiger partial charge in [0.2, 0.25) is 0 Å². The fraction of sp³-hybridized carbons (Fsp3) is 0.0833. The highest BCUT2D eigenvalue weighted by Crippen LogP contribution is 2.37. The van der Waals surface area contributed by atoms with E-state index < -0.39 is 11.9 Å². The molecule has 7 heteroatoms. The second-order valence-electron chi connectivity index (χ2n) is 13.0. The Balaban J connectivity index is 1.11. The Bertz CT molecular complexity index is 2410. The molecule has 0 heterocycles. The van der Waals surface area contributed by atoms with Crippen molar-refractivity contribution in [2.45, 2.75) is 29.5 Å². The van der Waals surface area contributed by atoms with Gasteiger partial charge in [0, 0.05) is 58.3 Å². The lowest BCUT2D eigenvalue weighted by Gasteiger charge is -2.27. The number of rotatable bonds is 14. The van der Waals surface area contributed by atoms with E-state index in [-0.39, 0.29) is 13.2 Å². The van der Waals surface area contributed by atoms with E-state index in [1.54, 1.807) is 11.8 Å². The highest BCUT2D eigenvalue weighted by atomic mass is 32.2. The third-order valence-corrected chi connectivity index (χ3v) is 10.5. The van der Waals surface area contributed by atoms with Crippen LogP contribution in [-0.2, 0) is 38.8 Å². The van der Waals surface area contributed by atoms with Crippen molar-refractivity contribution in [1.29, 1.82) is 0 Å². The Hall–Kier alpha value is -6.57. The molecule has 7 rings (SSSR count). The molecule has 0 aromatic heterocycles. The summed E-state index contributed by atoms with van der Waals surface area (Å²) in [5, 5.41) is 4.87. The third-order valence-electron chi connectivity index (χ3n) is 9.47. The molecule has 0 aliphatic rings. The maximum atomic E-state index is 11.7. The van der Waals surface area contributed by atoms with Crippen molar-refractivity contribution in [2.75, 3.05) is 16.8 Å². The van der Waals surface area contributed by atoms with Gasteiger partial charge in [-0.1, -0.05) is 97.7 Å². The van der Waals surface area contributed by atoms with Gasteiger partial charge in [-0.3, -0.25) is 0 Å². The second kappa shape index (κ2) is 17.1. The molecule has 0 atom stereocenters. The molecule has 0 aliphatic carbocycles. The Labute approximate surface area is 325 Å². The number of carbonyl (C=O) groups is 2. The maximum absolute atomic E-state index is 11.7. The van der Waals surface area contributed by atoms with Crippen molar-refractivity contribution >= 4 is 68.0 Å². The minimum absolute atomic E-state index is 0.186. The predicted octanol–water partition coefficient (Wildman–Crippen LogP) is 11.7. The predicted molar refractivity (Wildman–Crippen MR) is 225 cm³/mol. The molecule has 7 aromatic carbocycles. The Morgan fingerprint density at radius 3 is 1.42 bits per heavy atom. The van der Waals surface area contributed by atoms with Crippen molar-refractivity contribution in [2.24, 2.45) is 0 Å². The topological polar surface area (TPSA) is 59.1 Å². The molecule has 0 unspecified atom stereocenters. The standard InChI is InChI=1S/C48H40N2O4S/c1-4-47(51)53-32-34-14-18-38(19-15-34)49(3)39-22-26-42(27-23-39)55-43-28-24-41(25-29-43)50(40-20-16-35(17-21-40)33-54-48(52)5-2)31-46-44-12-8-6-10-36(44)30-37-11-7-9-13-45(37)46/h4-30H,1-2,31-33H2,3H3. The summed E-state index contributed by atoms with van der Waals surface area (Å²) < 4.78 is 10.4. The Kier molecular flexibility index (Phi) is 11.4. The van der Waals surface area contributed by atoms with Crippen LogP contribution in [0.2, 0.25) is 0 Å². The van der Waals surface area contributed by atoms with E-state index in [1.165, 1.54) is 39.3 Å². The van der Waals surface area contributed by atoms with Gasteiger partial charge >= 0.3 is 11.9 Å². The van der Waals surface area contributed by atoms with Crippen molar-refractivity contribution in [3.8, 4) is 0 Å². The van der Waals surface area contributed by atoms with Crippen LogP contribution in [0.5, 0.6) is 0 Å². The number of hydrogen-bond donors (Lipinski definition) is 0. The van der Waals surface area contributed by atoms with Gasteiger partial charge in [-0.2, -0.15) is 0 Å². The van der Waals surface area contributed by atoms with E-state index in [2.05, 4.69) is 138 Å². The van der Waals surface area contributed by atoms with Gasteiger partial charge in [0.1, 0.15) is 13.2 Å². The minimum atomic E-state index is -0.441. The zero-order chi connectivity index (χ0) is 38.1. The molecule has 7 aromatic rings. The number of benzene rings is 7. The summed E-state index contributed by atoms with van der Waals surface area (Å²) in [5.41, 5.74) is 7.26. The number of fused-ring (bicyclic) bond motifs is 2. The normalized spacial score (nSPS) is 10.9. The van der Waals surface area contributed by atoms with E-state index in [1.807, 2.05) is 43.4 Å². The SMILES string of the molecule is C=CC(=O)OCc1ccc(N(C)c2ccc(Sc3ccc(N(Cc4c5ccccc5cc5ccccc45)c4ccc(COC(=O)C=C)cc4)cc3)cc2)cc1. The second-order valence-corrected chi connectivity index (χ2v) is 14.1. The molecule has 0 spiro atoms. The lowest BCUT2D eigenvalue weighted by Crippen LogP contribution is -2.17. The quantitative estimate of drug-likeness (QED) is 0.0625. The van der Waals surface area contributed by atoms with Crippen molar-refractivity contribution < 1.29 is 19.1 Å². The van der Waals surface area contributed by atoms with Crippen LogP contribution in [0.15, 0.2) is 187 Å². The summed E-state index contributed by atoms with van der Waals surface area (Å²) in [6.45, 7) is 7.98. The average Bonchev–Trinajstić information content (AvgIpc) is 3.24. The number of ether oxygens (including phenoxy) is 2. The van der Waals surface area contributed by atoms with Crippen LogP contribution < -0.4 is 9.80 Å². The Morgan fingerprint density at radius 1 is 0.564 bits per heavy atom. The summed E-state index contributed by atoms with van der Waals surface area (Å²) in [5.74, 6) is -0.875. The first-order valence-electron chi connectivity index (χ1n) is 17.9.